The molecule has 21 heavy (non-hydrogen) atoms. The van der Waals surface area contributed by atoms with Crippen LogP contribution in [-0.2, 0) is 4.74 Å². The quantitative estimate of drug-likeness (QED) is 0.744. The molecule has 1 aliphatic heterocycles. The fourth-order valence-corrected chi connectivity index (χ4v) is 3.11. The van der Waals surface area contributed by atoms with Crippen LogP contribution in [0.25, 0.3) is 0 Å². The molecule has 1 unspecified atom stereocenters. The molecular formula is C18H36N2O. The first kappa shape index (κ1) is 17.2. The molecule has 3 nitrogen and oxygen atoms in total. The first-order valence-electron chi connectivity index (χ1n) is 8.87. The van der Waals surface area contributed by atoms with E-state index in [0.717, 1.165) is 31.7 Å². The first-order valence-corrected chi connectivity index (χ1v) is 8.87. The topological polar surface area (TPSA) is 24.5 Å². The average Bonchev–Trinajstić information content (AvgIpc) is 3.12. The molecule has 1 atom stereocenters. The maximum absolute atomic E-state index is 5.79. The second-order valence-corrected chi connectivity index (χ2v) is 8.79. The highest BCUT2D eigenvalue weighted by molar-refractivity contribution is 4.94. The van der Waals surface area contributed by atoms with Crippen molar-refractivity contribution < 1.29 is 4.74 Å². The molecular weight excluding hydrogens is 260 g/mol. The van der Waals surface area contributed by atoms with E-state index >= 15 is 0 Å². The van der Waals surface area contributed by atoms with Crippen molar-refractivity contribution in [2.75, 3.05) is 32.8 Å². The van der Waals surface area contributed by atoms with Gasteiger partial charge in [-0.05, 0) is 58.9 Å². The fraction of sp³-hybridized carbons (Fsp3) is 1.00. The normalized spacial score (nSPS) is 27.0. The van der Waals surface area contributed by atoms with E-state index in [9.17, 15) is 0 Å². The van der Waals surface area contributed by atoms with Gasteiger partial charge in [0.2, 0.25) is 0 Å². The molecule has 1 saturated heterocycles. The summed E-state index contributed by atoms with van der Waals surface area (Å²) >= 11 is 0. The molecule has 0 bridgehead atoms. The Hall–Kier alpha value is -0.120. The zero-order chi connectivity index (χ0) is 15.5. The smallest absolute Gasteiger partial charge is 0.0547 e. The Kier molecular flexibility index (Phi) is 5.72. The van der Waals surface area contributed by atoms with E-state index < -0.39 is 0 Å². The van der Waals surface area contributed by atoms with E-state index in [2.05, 4.69) is 44.8 Å². The van der Waals surface area contributed by atoms with Gasteiger partial charge in [0.1, 0.15) is 0 Å². The number of hydrogen-bond acceptors (Lipinski definition) is 3. The van der Waals surface area contributed by atoms with Crippen molar-refractivity contribution in [1.29, 1.82) is 0 Å². The van der Waals surface area contributed by atoms with Crippen LogP contribution in [0.3, 0.4) is 0 Å². The molecule has 1 aliphatic carbocycles. The molecule has 1 saturated carbocycles. The highest BCUT2D eigenvalue weighted by Crippen LogP contribution is 2.35. The molecule has 0 aromatic rings. The van der Waals surface area contributed by atoms with Crippen molar-refractivity contribution in [3.8, 4) is 0 Å². The molecule has 2 fully saturated rings. The Morgan fingerprint density at radius 3 is 2.48 bits per heavy atom. The van der Waals surface area contributed by atoms with Gasteiger partial charge in [-0.25, -0.2) is 0 Å². The van der Waals surface area contributed by atoms with Crippen LogP contribution in [0.1, 0.15) is 60.3 Å². The zero-order valence-corrected chi connectivity index (χ0v) is 14.9. The summed E-state index contributed by atoms with van der Waals surface area (Å²) in [5, 5.41) is 3.73. The van der Waals surface area contributed by atoms with Crippen LogP contribution in [0.15, 0.2) is 0 Å². The van der Waals surface area contributed by atoms with E-state index in [1.807, 2.05) is 0 Å². The highest BCUT2D eigenvalue weighted by atomic mass is 16.5. The molecule has 0 amide bonds. The summed E-state index contributed by atoms with van der Waals surface area (Å²) in [5.41, 5.74) is 0.519. The summed E-state index contributed by atoms with van der Waals surface area (Å²) in [4.78, 5) is 2.76. The maximum Gasteiger partial charge on any atom is 0.0547 e. The van der Waals surface area contributed by atoms with Crippen molar-refractivity contribution in [2.24, 2.45) is 11.3 Å². The van der Waals surface area contributed by atoms with Crippen LogP contribution in [0, 0.1) is 11.3 Å². The summed E-state index contributed by atoms with van der Waals surface area (Å²) in [5.74, 6) is 0.801. The van der Waals surface area contributed by atoms with Gasteiger partial charge in [0.15, 0.2) is 0 Å². The van der Waals surface area contributed by atoms with Crippen molar-refractivity contribution in [2.45, 2.75) is 71.9 Å². The van der Waals surface area contributed by atoms with Crippen molar-refractivity contribution in [3.05, 3.63) is 0 Å². The van der Waals surface area contributed by atoms with Gasteiger partial charge in [-0.1, -0.05) is 13.8 Å². The lowest BCUT2D eigenvalue weighted by molar-refractivity contribution is 0.0964. The molecule has 0 spiro atoms. The van der Waals surface area contributed by atoms with Gasteiger partial charge < -0.3 is 10.1 Å². The third-order valence-corrected chi connectivity index (χ3v) is 4.77. The average molecular weight is 296 g/mol. The van der Waals surface area contributed by atoms with Crippen molar-refractivity contribution in [3.63, 3.8) is 0 Å². The molecule has 0 radical (unpaired) electrons. The van der Waals surface area contributed by atoms with E-state index in [0.29, 0.717) is 5.41 Å². The maximum atomic E-state index is 5.79. The molecule has 3 heteroatoms. The van der Waals surface area contributed by atoms with Crippen LogP contribution in [0.2, 0.25) is 0 Å². The Bertz CT molecular complexity index is 312. The fourth-order valence-electron chi connectivity index (χ4n) is 3.11. The molecule has 1 heterocycles. The number of nitrogens with zero attached hydrogens (tertiary/aromatic N) is 1. The SMILES string of the molecule is CC(C)CCN(CC1(CNC(C)(C)C)CCOC1)C1CC1. The van der Waals surface area contributed by atoms with Gasteiger partial charge in [0, 0.05) is 36.7 Å². The van der Waals surface area contributed by atoms with E-state index in [1.54, 1.807) is 0 Å². The molecule has 0 aromatic heterocycles. The highest BCUT2D eigenvalue weighted by Gasteiger charge is 2.40. The zero-order valence-electron chi connectivity index (χ0n) is 14.9. The van der Waals surface area contributed by atoms with Gasteiger partial charge in [0.05, 0.1) is 6.61 Å². The van der Waals surface area contributed by atoms with Gasteiger partial charge in [-0.2, -0.15) is 0 Å². The van der Waals surface area contributed by atoms with Crippen LogP contribution in [0.5, 0.6) is 0 Å². The van der Waals surface area contributed by atoms with Crippen LogP contribution in [0.4, 0.5) is 0 Å². The Balaban J connectivity index is 1.93. The van der Waals surface area contributed by atoms with E-state index in [4.69, 9.17) is 4.74 Å². The minimum atomic E-state index is 0.192. The minimum Gasteiger partial charge on any atom is -0.381 e. The van der Waals surface area contributed by atoms with Crippen LogP contribution < -0.4 is 5.32 Å². The van der Waals surface area contributed by atoms with Gasteiger partial charge in [-0.3, -0.25) is 4.90 Å². The van der Waals surface area contributed by atoms with E-state index in [-0.39, 0.29) is 5.54 Å². The number of nitrogens with one attached hydrogen (secondary N) is 1. The Morgan fingerprint density at radius 1 is 1.29 bits per heavy atom. The first-order chi connectivity index (χ1) is 9.80. The number of rotatable bonds is 8. The molecule has 2 aliphatic rings. The lowest BCUT2D eigenvalue weighted by atomic mass is 9.85. The van der Waals surface area contributed by atoms with Gasteiger partial charge in [-0.15, -0.1) is 0 Å². The molecule has 0 aromatic carbocycles. The summed E-state index contributed by atoms with van der Waals surface area (Å²) < 4.78 is 5.79. The standard InChI is InChI=1S/C18H36N2O/c1-15(2)8-10-20(16-6-7-16)13-18(9-11-21-14-18)12-19-17(3,4)5/h15-16,19H,6-14H2,1-5H3. The predicted octanol–water partition coefficient (Wildman–Crippen LogP) is 3.29. The Morgan fingerprint density at radius 2 is 2.00 bits per heavy atom. The third kappa shape index (κ3) is 5.88. The number of ether oxygens (including phenoxy) is 1. The summed E-state index contributed by atoms with van der Waals surface area (Å²) in [6.45, 7) is 16.9. The number of hydrogen-bond donors (Lipinski definition) is 1. The summed E-state index contributed by atoms with van der Waals surface area (Å²) in [6, 6.07) is 0.857. The largest absolute Gasteiger partial charge is 0.381 e. The Labute approximate surface area is 131 Å². The van der Waals surface area contributed by atoms with Gasteiger partial charge in [0.25, 0.3) is 0 Å². The lowest BCUT2D eigenvalue weighted by Gasteiger charge is -2.37. The predicted molar refractivity (Wildman–Crippen MR) is 89.7 cm³/mol. The molecule has 2 rings (SSSR count). The monoisotopic (exact) mass is 296 g/mol. The second-order valence-electron chi connectivity index (χ2n) is 8.79. The van der Waals surface area contributed by atoms with Crippen molar-refractivity contribution in [1.82, 2.24) is 10.2 Å². The van der Waals surface area contributed by atoms with Crippen molar-refractivity contribution >= 4 is 0 Å². The third-order valence-electron chi connectivity index (χ3n) is 4.77. The molecule has 1 N–H and O–H groups in total. The van der Waals surface area contributed by atoms with Crippen LogP contribution >= 0.6 is 0 Å². The lowest BCUT2D eigenvalue weighted by Crippen LogP contribution is -2.50. The minimum absolute atomic E-state index is 0.192. The van der Waals surface area contributed by atoms with Crippen LogP contribution in [-0.4, -0.2) is 49.3 Å². The summed E-state index contributed by atoms with van der Waals surface area (Å²) in [7, 11) is 0. The van der Waals surface area contributed by atoms with Gasteiger partial charge >= 0.3 is 0 Å². The molecule has 124 valence electrons. The second kappa shape index (κ2) is 6.97. The van der Waals surface area contributed by atoms with E-state index in [1.165, 1.54) is 38.8 Å². The summed E-state index contributed by atoms with van der Waals surface area (Å²) in [6.07, 6.45) is 5.34.